The monoisotopic (exact) mass is 251 g/mol. The van der Waals surface area contributed by atoms with E-state index in [0.717, 1.165) is 18.1 Å². The van der Waals surface area contributed by atoms with Crippen LogP contribution >= 0.6 is 39.0 Å². The van der Waals surface area contributed by atoms with Crippen molar-refractivity contribution in [3.8, 4) is 0 Å². The summed E-state index contributed by atoms with van der Waals surface area (Å²) >= 11 is 7.10. The molecule has 1 nitrogen and oxygen atoms in total. The molecule has 0 saturated heterocycles. The second-order valence-corrected chi connectivity index (χ2v) is 5.70. The van der Waals surface area contributed by atoms with E-state index in [1.807, 2.05) is 11.8 Å². The zero-order valence-electron chi connectivity index (χ0n) is 6.05. The lowest BCUT2D eigenvalue weighted by Gasteiger charge is -1.94. The molecule has 0 aliphatic rings. The van der Waals surface area contributed by atoms with Gasteiger partial charge in [0, 0.05) is 22.9 Å². The fourth-order valence-corrected chi connectivity index (χ4v) is 3.06. The van der Waals surface area contributed by atoms with Gasteiger partial charge in [-0.2, -0.15) is 11.8 Å². The minimum atomic E-state index is 0.775. The zero-order valence-corrected chi connectivity index (χ0v) is 9.27. The Labute approximate surface area is 83.5 Å². The summed E-state index contributed by atoms with van der Waals surface area (Å²) in [5.41, 5.74) is 5.37. The van der Waals surface area contributed by atoms with Crippen molar-refractivity contribution in [2.24, 2.45) is 5.73 Å². The molecule has 2 N–H and O–H groups in total. The largest absolute Gasteiger partial charge is 0.330 e. The van der Waals surface area contributed by atoms with E-state index in [-0.39, 0.29) is 0 Å². The summed E-state index contributed by atoms with van der Waals surface area (Å²) < 4.78 is 1.21. The molecular formula is C7H10BrNS2. The normalized spacial score (nSPS) is 10.4. The lowest BCUT2D eigenvalue weighted by atomic mass is 10.5. The van der Waals surface area contributed by atoms with Crippen molar-refractivity contribution >= 4 is 39.0 Å². The summed E-state index contributed by atoms with van der Waals surface area (Å²) in [4.78, 5) is 1.41. The summed E-state index contributed by atoms with van der Waals surface area (Å²) in [5, 5.41) is 0. The highest BCUT2D eigenvalue weighted by Crippen LogP contribution is 2.25. The minimum Gasteiger partial charge on any atom is -0.330 e. The van der Waals surface area contributed by atoms with E-state index in [4.69, 9.17) is 5.73 Å². The van der Waals surface area contributed by atoms with Gasteiger partial charge in [0.2, 0.25) is 0 Å². The van der Waals surface area contributed by atoms with Crippen LogP contribution < -0.4 is 5.73 Å². The van der Waals surface area contributed by atoms with Gasteiger partial charge in [-0.3, -0.25) is 0 Å². The molecule has 0 aliphatic carbocycles. The Bertz CT molecular complexity index is 212. The molecule has 1 aromatic heterocycles. The van der Waals surface area contributed by atoms with Gasteiger partial charge in [-0.1, -0.05) is 0 Å². The Morgan fingerprint density at radius 1 is 1.55 bits per heavy atom. The molecule has 0 radical (unpaired) electrons. The van der Waals surface area contributed by atoms with Crippen LogP contribution in [-0.4, -0.2) is 12.3 Å². The first-order valence-electron chi connectivity index (χ1n) is 3.35. The average Bonchev–Trinajstić information content (AvgIpc) is 2.37. The van der Waals surface area contributed by atoms with Crippen molar-refractivity contribution in [2.75, 3.05) is 12.3 Å². The van der Waals surface area contributed by atoms with Gasteiger partial charge in [-0.15, -0.1) is 11.3 Å². The SMILES string of the molecule is NCCSCc1ccc(Br)s1. The van der Waals surface area contributed by atoms with Gasteiger partial charge in [-0.05, 0) is 28.1 Å². The maximum Gasteiger partial charge on any atom is 0.0701 e. The summed E-state index contributed by atoms with van der Waals surface area (Å²) in [6, 6.07) is 4.24. The molecule has 1 aromatic rings. The summed E-state index contributed by atoms with van der Waals surface area (Å²) in [6.07, 6.45) is 0. The number of thioether (sulfide) groups is 1. The van der Waals surface area contributed by atoms with Crippen LogP contribution in [-0.2, 0) is 5.75 Å². The number of halogens is 1. The number of nitrogens with two attached hydrogens (primary N) is 1. The molecule has 4 heteroatoms. The van der Waals surface area contributed by atoms with Crippen LogP contribution in [0.5, 0.6) is 0 Å². The molecule has 0 saturated carbocycles. The van der Waals surface area contributed by atoms with Crippen LogP contribution in [0.4, 0.5) is 0 Å². The highest BCUT2D eigenvalue weighted by Gasteiger charge is 1.96. The minimum absolute atomic E-state index is 0.775. The summed E-state index contributed by atoms with van der Waals surface area (Å²) in [6.45, 7) is 0.775. The number of thiophene rings is 1. The molecule has 0 bridgehead atoms. The fraction of sp³-hybridized carbons (Fsp3) is 0.429. The lowest BCUT2D eigenvalue weighted by Crippen LogP contribution is -2.00. The Kier molecular flexibility index (Phi) is 4.52. The molecule has 11 heavy (non-hydrogen) atoms. The number of hydrogen-bond donors (Lipinski definition) is 1. The predicted octanol–water partition coefficient (Wildman–Crippen LogP) is 2.70. The third kappa shape index (κ3) is 3.60. The molecule has 0 spiro atoms. The molecule has 0 atom stereocenters. The van der Waals surface area contributed by atoms with E-state index in [1.54, 1.807) is 11.3 Å². The van der Waals surface area contributed by atoms with Crippen molar-refractivity contribution in [2.45, 2.75) is 5.75 Å². The van der Waals surface area contributed by atoms with Crippen molar-refractivity contribution in [3.05, 3.63) is 20.8 Å². The van der Waals surface area contributed by atoms with Crippen molar-refractivity contribution in [1.29, 1.82) is 0 Å². The predicted molar refractivity (Wildman–Crippen MR) is 57.2 cm³/mol. The van der Waals surface area contributed by atoms with E-state index < -0.39 is 0 Å². The quantitative estimate of drug-likeness (QED) is 0.834. The first-order valence-corrected chi connectivity index (χ1v) is 6.11. The van der Waals surface area contributed by atoms with E-state index >= 15 is 0 Å². The molecule has 0 unspecified atom stereocenters. The molecule has 1 rings (SSSR count). The van der Waals surface area contributed by atoms with Crippen LogP contribution in [0.2, 0.25) is 0 Å². The van der Waals surface area contributed by atoms with Crippen molar-refractivity contribution in [3.63, 3.8) is 0 Å². The van der Waals surface area contributed by atoms with Crippen LogP contribution in [0.1, 0.15) is 4.88 Å². The highest BCUT2D eigenvalue weighted by atomic mass is 79.9. The molecule has 0 fully saturated rings. The van der Waals surface area contributed by atoms with Gasteiger partial charge < -0.3 is 5.73 Å². The van der Waals surface area contributed by atoms with E-state index in [2.05, 4.69) is 28.1 Å². The van der Waals surface area contributed by atoms with Crippen LogP contribution in [0.25, 0.3) is 0 Å². The first-order chi connectivity index (χ1) is 5.33. The van der Waals surface area contributed by atoms with Gasteiger partial charge >= 0.3 is 0 Å². The lowest BCUT2D eigenvalue weighted by molar-refractivity contribution is 1.15. The van der Waals surface area contributed by atoms with Crippen LogP contribution in [0.15, 0.2) is 15.9 Å². The van der Waals surface area contributed by atoms with Gasteiger partial charge in [-0.25, -0.2) is 0 Å². The fourth-order valence-electron chi connectivity index (χ4n) is 0.685. The second kappa shape index (κ2) is 5.19. The van der Waals surface area contributed by atoms with Gasteiger partial charge in [0.25, 0.3) is 0 Å². The van der Waals surface area contributed by atoms with Gasteiger partial charge in [0.15, 0.2) is 0 Å². The van der Waals surface area contributed by atoms with Gasteiger partial charge in [0.05, 0.1) is 3.79 Å². The van der Waals surface area contributed by atoms with E-state index in [1.165, 1.54) is 8.66 Å². The Morgan fingerprint density at radius 3 is 2.91 bits per heavy atom. The summed E-state index contributed by atoms with van der Waals surface area (Å²) in [5.74, 6) is 2.14. The van der Waals surface area contributed by atoms with Crippen LogP contribution in [0, 0.1) is 0 Å². The standard InChI is InChI=1S/C7H10BrNS2/c8-7-2-1-6(11-7)5-10-4-3-9/h1-2H,3-5,9H2. The molecular weight excluding hydrogens is 242 g/mol. The van der Waals surface area contributed by atoms with Crippen molar-refractivity contribution < 1.29 is 0 Å². The zero-order chi connectivity index (χ0) is 8.10. The smallest absolute Gasteiger partial charge is 0.0701 e. The van der Waals surface area contributed by atoms with Crippen molar-refractivity contribution in [1.82, 2.24) is 0 Å². The Balaban J connectivity index is 2.27. The second-order valence-electron chi connectivity index (χ2n) is 2.05. The molecule has 1 heterocycles. The van der Waals surface area contributed by atoms with E-state index in [0.29, 0.717) is 0 Å². The highest BCUT2D eigenvalue weighted by molar-refractivity contribution is 9.11. The van der Waals surface area contributed by atoms with Gasteiger partial charge in [0.1, 0.15) is 0 Å². The van der Waals surface area contributed by atoms with Crippen LogP contribution in [0.3, 0.4) is 0 Å². The molecule has 0 aromatic carbocycles. The molecule has 0 amide bonds. The van der Waals surface area contributed by atoms with E-state index in [9.17, 15) is 0 Å². The maximum absolute atomic E-state index is 5.37. The third-order valence-electron chi connectivity index (χ3n) is 1.14. The summed E-state index contributed by atoms with van der Waals surface area (Å²) in [7, 11) is 0. The number of rotatable bonds is 4. The maximum atomic E-state index is 5.37. The number of hydrogen-bond acceptors (Lipinski definition) is 3. The Morgan fingerprint density at radius 2 is 2.36 bits per heavy atom. The first kappa shape index (κ1) is 9.58. The molecule has 0 aliphatic heterocycles. The molecule has 62 valence electrons. The average molecular weight is 252 g/mol. The topological polar surface area (TPSA) is 26.0 Å². The third-order valence-corrected chi connectivity index (χ3v) is 3.98. The Hall–Kier alpha value is 0.490.